The monoisotopic (exact) mass is 334 g/mol. The maximum absolute atomic E-state index is 12.0. The number of anilines is 1. The van der Waals surface area contributed by atoms with Crippen molar-refractivity contribution in [2.24, 2.45) is 5.92 Å². The molecule has 1 saturated heterocycles. The van der Waals surface area contributed by atoms with Gasteiger partial charge in [0.25, 0.3) is 5.69 Å². The molecule has 1 aliphatic rings. The summed E-state index contributed by atoms with van der Waals surface area (Å²) in [4.78, 5) is 34.0. The lowest BCUT2D eigenvalue weighted by atomic mass is 9.98. The molecule has 1 aromatic rings. The van der Waals surface area contributed by atoms with Crippen LogP contribution in [0.1, 0.15) is 45.4 Å². The van der Waals surface area contributed by atoms with Gasteiger partial charge in [-0.3, -0.25) is 19.7 Å². The molecular weight excluding hydrogens is 312 g/mol. The van der Waals surface area contributed by atoms with Crippen molar-refractivity contribution in [2.45, 2.75) is 51.6 Å². The normalized spacial score (nSPS) is 19.8. The number of nitrogens with one attached hydrogen (secondary N) is 1. The fourth-order valence-electron chi connectivity index (χ4n) is 2.79. The molecular formula is C17H22N2O5. The maximum Gasteiger partial charge on any atom is 0.309 e. The lowest BCUT2D eigenvalue weighted by molar-refractivity contribution is -0.384. The number of carbonyl (C=O) groups excluding carboxylic acids is 2. The number of rotatable bonds is 8. The first-order valence-electron chi connectivity index (χ1n) is 8.24. The molecule has 1 fully saturated rings. The molecule has 7 heteroatoms. The standard InChI is InChI=1S/C17H22N2O5/c1-2-3-4-5-15-10-12(17(21)24-15)11-16(20)18-13-6-8-14(9-7-13)19(22)23/h6-9,12,15H,2-5,10-11H2,1H3,(H,18,20)/t12-,15-/m1/s1. The van der Waals surface area contributed by atoms with Gasteiger partial charge in [0.2, 0.25) is 5.91 Å². The van der Waals surface area contributed by atoms with E-state index >= 15 is 0 Å². The van der Waals surface area contributed by atoms with Gasteiger partial charge in [0.1, 0.15) is 6.10 Å². The van der Waals surface area contributed by atoms with Crippen molar-refractivity contribution < 1.29 is 19.2 Å². The highest BCUT2D eigenvalue weighted by atomic mass is 16.6. The van der Waals surface area contributed by atoms with Crippen LogP contribution < -0.4 is 5.32 Å². The number of cyclic esters (lactones) is 1. The van der Waals surface area contributed by atoms with Crippen molar-refractivity contribution in [2.75, 3.05) is 5.32 Å². The Bertz CT molecular complexity index is 600. The largest absolute Gasteiger partial charge is 0.462 e. The zero-order valence-corrected chi connectivity index (χ0v) is 13.7. The smallest absolute Gasteiger partial charge is 0.309 e. The Labute approximate surface area is 140 Å². The number of hydrogen-bond donors (Lipinski definition) is 1. The topological polar surface area (TPSA) is 98.5 Å². The Morgan fingerprint density at radius 3 is 2.67 bits per heavy atom. The maximum atomic E-state index is 12.0. The van der Waals surface area contributed by atoms with Gasteiger partial charge in [-0.2, -0.15) is 0 Å². The fourth-order valence-corrected chi connectivity index (χ4v) is 2.79. The molecule has 0 spiro atoms. The van der Waals surface area contributed by atoms with Crippen LogP contribution in [0.15, 0.2) is 24.3 Å². The Kier molecular flexibility index (Phi) is 6.28. The van der Waals surface area contributed by atoms with Gasteiger partial charge < -0.3 is 10.1 Å². The van der Waals surface area contributed by atoms with Crippen LogP contribution in [-0.4, -0.2) is 22.9 Å². The molecule has 1 N–H and O–H groups in total. The zero-order chi connectivity index (χ0) is 17.5. The number of benzene rings is 1. The molecule has 0 radical (unpaired) electrons. The molecule has 130 valence electrons. The molecule has 0 unspecified atom stereocenters. The van der Waals surface area contributed by atoms with Gasteiger partial charge in [0, 0.05) is 24.2 Å². The predicted molar refractivity (Wildman–Crippen MR) is 88.5 cm³/mol. The van der Waals surface area contributed by atoms with E-state index in [-0.39, 0.29) is 30.1 Å². The number of nitro benzene ring substituents is 1. The van der Waals surface area contributed by atoms with E-state index in [4.69, 9.17) is 4.74 Å². The van der Waals surface area contributed by atoms with E-state index in [9.17, 15) is 19.7 Å². The van der Waals surface area contributed by atoms with Gasteiger partial charge in [0.05, 0.1) is 10.8 Å². The van der Waals surface area contributed by atoms with Crippen LogP contribution >= 0.6 is 0 Å². The third-order valence-corrected chi connectivity index (χ3v) is 4.09. The molecule has 2 atom stereocenters. The summed E-state index contributed by atoms with van der Waals surface area (Å²) >= 11 is 0. The lowest BCUT2D eigenvalue weighted by Crippen LogP contribution is -2.19. The Morgan fingerprint density at radius 2 is 2.04 bits per heavy atom. The summed E-state index contributed by atoms with van der Waals surface area (Å²) in [5.41, 5.74) is 0.429. The highest BCUT2D eigenvalue weighted by Gasteiger charge is 2.35. The molecule has 1 aromatic carbocycles. The Balaban J connectivity index is 1.81. The van der Waals surface area contributed by atoms with Gasteiger partial charge in [-0.15, -0.1) is 0 Å². The second-order valence-corrected chi connectivity index (χ2v) is 6.04. The second kappa shape index (κ2) is 8.42. The first kappa shape index (κ1) is 17.9. The third-order valence-electron chi connectivity index (χ3n) is 4.09. The molecule has 24 heavy (non-hydrogen) atoms. The minimum atomic E-state index is -0.501. The van der Waals surface area contributed by atoms with Crippen LogP contribution in [0, 0.1) is 16.0 Å². The summed E-state index contributed by atoms with van der Waals surface area (Å²) in [7, 11) is 0. The first-order chi connectivity index (χ1) is 11.5. The van der Waals surface area contributed by atoms with Crippen LogP contribution in [0.2, 0.25) is 0 Å². The number of nitrogens with zero attached hydrogens (tertiary/aromatic N) is 1. The number of nitro groups is 1. The molecule has 0 saturated carbocycles. The molecule has 1 aliphatic heterocycles. The number of hydrogen-bond acceptors (Lipinski definition) is 5. The Hall–Kier alpha value is -2.44. The molecule has 2 rings (SSSR count). The number of esters is 1. The average Bonchev–Trinajstić information content (AvgIpc) is 2.88. The van der Waals surface area contributed by atoms with Gasteiger partial charge in [-0.1, -0.05) is 19.8 Å². The molecule has 1 amide bonds. The summed E-state index contributed by atoms with van der Waals surface area (Å²) in [5, 5.41) is 13.2. The van der Waals surface area contributed by atoms with E-state index in [1.807, 2.05) is 0 Å². The SMILES string of the molecule is CCCCC[C@@H]1C[C@H](CC(=O)Nc2ccc([N+](=O)[O-])cc2)C(=O)O1. The quantitative estimate of drug-likeness (QED) is 0.340. The van der Waals surface area contributed by atoms with Crippen molar-refractivity contribution in [1.29, 1.82) is 0 Å². The van der Waals surface area contributed by atoms with Gasteiger partial charge >= 0.3 is 5.97 Å². The van der Waals surface area contributed by atoms with Crippen molar-refractivity contribution in [3.05, 3.63) is 34.4 Å². The average molecular weight is 334 g/mol. The summed E-state index contributed by atoms with van der Waals surface area (Å²) in [5.74, 6) is -1.01. The zero-order valence-electron chi connectivity index (χ0n) is 13.7. The van der Waals surface area contributed by atoms with Crippen molar-refractivity contribution in [3.63, 3.8) is 0 Å². The number of ether oxygens (including phenoxy) is 1. The fraction of sp³-hybridized carbons (Fsp3) is 0.529. The summed E-state index contributed by atoms with van der Waals surface area (Å²) < 4.78 is 5.32. The molecule has 0 bridgehead atoms. The summed E-state index contributed by atoms with van der Waals surface area (Å²) in [6, 6.07) is 5.58. The summed E-state index contributed by atoms with van der Waals surface area (Å²) in [6.45, 7) is 2.12. The van der Waals surface area contributed by atoms with Crippen LogP contribution in [0.4, 0.5) is 11.4 Å². The van der Waals surface area contributed by atoms with Crippen LogP contribution in [0.5, 0.6) is 0 Å². The van der Waals surface area contributed by atoms with Crippen LogP contribution in [-0.2, 0) is 14.3 Å². The molecule has 1 heterocycles. The minimum absolute atomic E-state index is 0.0395. The van der Waals surface area contributed by atoms with E-state index in [2.05, 4.69) is 12.2 Å². The van der Waals surface area contributed by atoms with Crippen molar-refractivity contribution in [1.82, 2.24) is 0 Å². The van der Waals surface area contributed by atoms with E-state index in [1.165, 1.54) is 24.3 Å². The lowest BCUT2D eigenvalue weighted by Gasteiger charge is -2.08. The van der Waals surface area contributed by atoms with Crippen LogP contribution in [0.25, 0.3) is 0 Å². The Morgan fingerprint density at radius 1 is 1.33 bits per heavy atom. The number of amides is 1. The number of unbranched alkanes of at least 4 members (excludes halogenated alkanes) is 2. The van der Waals surface area contributed by atoms with Gasteiger partial charge in [-0.05, 0) is 31.4 Å². The highest BCUT2D eigenvalue weighted by molar-refractivity contribution is 5.93. The van der Waals surface area contributed by atoms with Crippen molar-refractivity contribution in [3.8, 4) is 0 Å². The second-order valence-electron chi connectivity index (χ2n) is 6.04. The molecule has 7 nitrogen and oxygen atoms in total. The molecule has 0 aromatic heterocycles. The number of non-ortho nitro benzene ring substituents is 1. The van der Waals surface area contributed by atoms with E-state index < -0.39 is 10.8 Å². The molecule has 0 aliphatic carbocycles. The van der Waals surface area contributed by atoms with Crippen LogP contribution in [0.3, 0.4) is 0 Å². The third kappa shape index (κ3) is 5.04. The highest BCUT2D eigenvalue weighted by Crippen LogP contribution is 2.28. The van der Waals surface area contributed by atoms with E-state index in [0.29, 0.717) is 12.1 Å². The van der Waals surface area contributed by atoms with E-state index in [1.54, 1.807) is 0 Å². The first-order valence-corrected chi connectivity index (χ1v) is 8.24. The summed E-state index contributed by atoms with van der Waals surface area (Å²) in [6.07, 6.45) is 4.66. The predicted octanol–water partition coefficient (Wildman–Crippen LogP) is 3.44. The van der Waals surface area contributed by atoms with Crippen molar-refractivity contribution >= 4 is 23.3 Å². The number of carbonyl (C=O) groups is 2. The van der Waals surface area contributed by atoms with Gasteiger partial charge in [-0.25, -0.2) is 0 Å². The van der Waals surface area contributed by atoms with Gasteiger partial charge in [0.15, 0.2) is 0 Å². The minimum Gasteiger partial charge on any atom is -0.462 e. The van der Waals surface area contributed by atoms with E-state index in [0.717, 1.165) is 25.7 Å².